The Bertz CT molecular complexity index is 1100. The zero-order chi connectivity index (χ0) is 18.9. The van der Waals surface area contributed by atoms with E-state index in [2.05, 4.69) is 40.2 Å². The Hall–Kier alpha value is -2.96. The molecule has 1 atom stereocenters. The highest BCUT2D eigenvalue weighted by molar-refractivity contribution is 6.10. The number of para-hydroxylation sites is 1. The van der Waals surface area contributed by atoms with Gasteiger partial charge >= 0.3 is 0 Å². The van der Waals surface area contributed by atoms with E-state index in [1.807, 2.05) is 24.3 Å². The summed E-state index contributed by atoms with van der Waals surface area (Å²) < 4.78 is 5.51. The van der Waals surface area contributed by atoms with Crippen LogP contribution in [0.5, 0.6) is 0 Å². The molecule has 0 spiro atoms. The molecule has 0 amide bonds. The minimum atomic E-state index is 0.0532. The molecular formula is C22H23N5O. The molecular weight excluding hydrogens is 350 g/mol. The SMILES string of the molecule is Nc1nc([C@H](CN2CCOCC2)c2ccccc2)nc2[nH]c3ccccc3c12. The van der Waals surface area contributed by atoms with Crippen molar-refractivity contribution >= 4 is 27.8 Å². The molecule has 28 heavy (non-hydrogen) atoms. The number of hydrogen-bond donors (Lipinski definition) is 2. The summed E-state index contributed by atoms with van der Waals surface area (Å²) in [5.74, 6) is 1.34. The number of benzene rings is 2. The minimum absolute atomic E-state index is 0.0532. The molecule has 0 saturated carbocycles. The van der Waals surface area contributed by atoms with Crippen LogP contribution in [-0.4, -0.2) is 52.7 Å². The Labute approximate surface area is 163 Å². The second kappa shape index (κ2) is 7.22. The molecule has 5 rings (SSSR count). The van der Waals surface area contributed by atoms with E-state index in [1.165, 1.54) is 5.56 Å². The van der Waals surface area contributed by atoms with Crippen molar-refractivity contribution in [1.82, 2.24) is 19.9 Å². The first-order chi connectivity index (χ1) is 13.8. The van der Waals surface area contributed by atoms with Crippen LogP contribution in [0.25, 0.3) is 21.9 Å². The van der Waals surface area contributed by atoms with E-state index in [4.69, 9.17) is 20.4 Å². The van der Waals surface area contributed by atoms with Gasteiger partial charge in [0.15, 0.2) is 0 Å². The average Bonchev–Trinajstić information content (AvgIpc) is 3.12. The highest BCUT2D eigenvalue weighted by Gasteiger charge is 2.24. The number of nitrogens with one attached hydrogen (secondary N) is 1. The largest absolute Gasteiger partial charge is 0.383 e. The normalized spacial score (nSPS) is 16.6. The minimum Gasteiger partial charge on any atom is -0.383 e. The summed E-state index contributed by atoms with van der Waals surface area (Å²) in [6, 6.07) is 18.5. The topological polar surface area (TPSA) is 80.1 Å². The summed E-state index contributed by atoms with van der Waals surface area (Å²) in [5.41, 5.74) is 9.44. The van der Waals surface area contributed by atoms with Gasteiger partial charge in [-0.25, -0.2) is 9.97 Å². The fourth-order valence-electron chi connectivity index (χ4n) is 4.01. The van der Waals surface area contributed by atoms with Crippen LogP contribution in [0.3, 0.4) is 0 Å². The molecule has 0 bridgehead atoms. The lowest BCUT2D eigenvalue weighted by Crippen LogP contribution is -2.39. The lowest BCUT2D eigenvalue weighted by molar-refractivity contribution is 0.0362. The van der Waals surface area contributed by atoms with Crippen LogP contribution in [0, 0.1) is 0 Å². The van der Waals surface area contributed by atoms with Gasteiger partial charge in [-0.3, -0.25) is 4.90 Å². The monoisotopic (exact) mass is 373 g/mol. The number of nitrogen functional groups attached to an aromatic ring is 1. The van der Waals surface area contributed by atoms with E-state index in [9.17, 15) is 0 Å². The van der Waals surface area contributed by atoms with E-state index in [-0.39, 0.29) is 5.92 Å². The van der Waals surface area contributed by atoms with Gasteiger partial charge in [-0.2, -0.15) is 0 Å². The highest BCUT2D eigenvalue weighted by atomic mass is 16.5. The summed E-state index contributed by atoms with van der Waals surface area (Å²) in [6.45, 7) is 4.23. The van der Waals surface area contributed by atoms with Gasteiger partial charge in [0.1, 0.15) is 17.3 Å². The number of hydrogen-bond acceptors (Lipinski definition) is 5. The predicted molar refractivity (Wildman–Crippen MR) is 111 cm³/mol. The maximum atomic E-state index is 6.41. The molecule has 0 aliphatic carbocycles. The number of ether oxygens (including phenoxy) is 1. The number of nitrogens with zero attached hydrogens (tertiary/aromatic N) is 3. The van der Waals surface area contributed by atoms with Crippen molar-refractivity contribution < 1.29 is 4.74 Å². The molecule has 2 aromatic carbocycles. The maximum Gasteiger partial charge on any atom is 0.144 e. The zero-order valence-electron chi connectivity index (χ0n) is 15.6. The van der Waals surface area contributed by atoms with Gasteiger partial charge in [-0.15, -0.1) is 0 Å². The molecule has 1 aliphatic heterocycles. The summed E-state index contributed by atoms with van der Waals surface area (Å²) >= 11 is 0. The predicted octanol–water partition coefficient (Wildman–Crippen LogP) is 3.16. The molecule has 6 heteroatoms. The van der Waals surface area contributed by atoms with E-state index in [1.54, 1.807) is 0 Å². The van der Waals surface area contributed by atoms with Crippen LogP contribution in [0.4, 0.5) is 5.82 Å². The lowest BCUT2D eigenvalue weighted by atomic mass is 9.97. The van der Waals surface area contributed by atoms with E-state index < -0.39 is 0 Å². The van der Waals surface area contributed by atoms with Gasteiger partial charge in [0.05, 0.1) is 24.5 Å². The molecule has 1 fully saturated rings. The number of nitrogens with two attached hydrogens (primary N) is 1. The van der Waals surface area contributed by atoms with Crippen LogP contribution >= 0.6 is 0 Å². The fraction of sp³-hybridized carbons (Fsp3) is 0.273. The Morgan fingerprint density at radius 1 is 1.00 bits per heavy atom. The number of morpholine rings is 1. The number of H-pyrrole nitrogens is 1. The average molecular weight is 373 g/mol. The highest BCUT2D eigenvalue weighted by Crippen LogP contribution is 2.31. The molecule has 3 heterocycles. The number of rotatable bonds is 4. The van der Waals surface area contributed by atoms with Crippen LogP contribution in [0.1, 0.15) is 17.3 Å². The lowest BCUT2D eigenvalue weighted by Gasteiger charge is -2.30. The van der Waals surface area contributed by atoms with E-state index in [0.717, 1.165) is 60.6 Å². The van der Waals surface area contributed by atoms with Crippen LogP contribution in [0.15, 0.2) is 54.6 Å². The molecule has 1 aliphatic rings. The first-order valence-corrected chi connectivity index (χ1v) is 9.68. The Morgan fingerprint density at radius 3 is 2.57 bits per heavy atom. The van der Waals surface area contributed by atoms with Gasteiger partial charge < -0.3 is 15.5 Å². The van der Waals surface area contributed by atoms with E-state index >= 15 is 0 Å². The van der Waals surface area contributed by atoms with Crippen molar-refractivity contribution in [2.45, 2.75) is 5.92 Å². The summed E-state index contributed by atoms with van der Waals surface area (Å²) in [5, 5.41) is 1.96. The third kappa shape index (κ3) is 3.10. The molecule has 142 valence electrons. The van der Waals surface area contributed by atoms with Gasteiger partial charge in [0.2, 0.25) is 0 Å². The molecule has 3 N–H and O–H groups in total. The summed E-state index contributed by atoms with van der Waals surface area (Å²) in [6.07, 6.45) is 0. The summed E-state index contributed by atoms with van der Waals surface area (Å²) in [7, 11) is 0. The van der Waals surface area contributed by atoms with Crippen molar-refractivity contribution in [3.05, 3.63) is 66.0 Å². The van der Waals surface area contributed by atoms with Gasteiger partial charge in [-0.1, -0.05) is 48.5 Å². The maximum absolute atomic E-state index is 6.41. The van der Waals surface area contributed by atoms with Gasteiger partial charge in [0, 0.05) is 30.5 Å². The molecule has 6 nitrogen and oxygen atoms in total. The Morgan fingerprint density at radius 2 is 1.75 bits per heavy atom. The molecule has 2 aromatic heterocycles. The second-order valence-corrected chi connectivity index (χ2v) is 7.24. The Balaban J connectivity index is 1.61. The second-order valence-electron chi connectivity index (χ2n) is 7.24. The first kappa shape index (κ1) is 17.2. The third-order valence-electron chi connectivity index (χ3n) is 5.46. The van der Waals surface area contributed by atoms with Crippen molar-refractivity contribution in [1.29, 1.82) is 0 Å². The van der Waals surface area contributed by atoms with Gasteiger partial charge in [0.25, 0.3) is 0 Å². The van der Waals surface area contributed by atoms with Crippen molar-refractivity contribution in [3.8, 4) is 0 Å². The Kier molecular flexibility index (Phi) is 4.43. The van der Waals surface area contributed by atoms with Crippen LogP contribution < -0.4 is 5.73 Å². The van der Waals surface area contributed by atoms with Crippen LogP contribution in [0.2, 0.25) is 0 Å². The van der Waals surface area contributed by atoms with E-state index in [0.29, 0.717) is 5.82 Å². The first-order valence-electron chi connectivity index (χ1n) is 9.68. The van der Waals surface area contributed by atoms with Crippen molar-refractivity contribution in [2.24, 2.45) is 0 Å². The number of anilines is 1. The smallest absolute Gasteiger partial charge is 0.144 e. The van der Waals surface area contributed by atoms with Crippen molar-refractivity contribution in [2.75, 3.05) is 38.6 Å². The zero-order valence-corrected chi connectivity index (χ0v) is 15.6. The molecule has 4 aromatic rings. The third-order valence-corrected chi connectivity index (χ3v) is 5.46. The number of fused-ring (bicyclic) bond motifs is 3. The van der Waals surface area contributed by atoms with Gasteiger partial charge in [-0.05, 0) is 11.6 Å². The molecule has 1 saturated heterocycles. The number of aromatic nitrogens is 3. The molecule has 0 radical (unpaired) electrons. The van der Waals surface area contributed by atoms with Crippen LogP contribution in [-0.2, 0) is 4.74 Å². The van der Waals surface area contributed by atoms with Crippen molar-refractivity contribution in [3.63, 3.8) is 0 Å². The summed E-state index contributed by atoms with van der Waals surface area (Å²) in [4.78, 5) is 15.5. The number of aromatic amines is 1. The quantitative estimate of drug-likeness (QED) is 0.574. The molecule has 0 unspecified atom stereocenters. The standard InChI is InChI=1S/C22H23N5O/c23-20-19-16-8-4-5-9-18(16)24-22(19)26-21(25-20)17(15-6-2-1-3-7-15)14-27-10-12-28-13-11-27/h1-9,17H,10-14H2,(H3,23,24,25,26)/t17-/m1/s1. The fourth-order valence-corrected chi connectivity index (χ4v) is 4.01.